The monoisotopic (exact) mass is 315 g/mol. The molecule has 2 aliphatic heterocycles. The lowest BCUT2D eigenvalue weighted by Gasteiger charge is -2.47. The Morgan fingerprint density at radius 3 is 2.76 bits per heavy atom. The molecule has 21 heavy (non-hydrogen) atoms. The van der Waals surface area contributed by atoms with E-state index in [9.17, 15) is 20.4 Å². The lowest BCUT2D eigenvalue weighted by Crippen LogP contribution is -2.67. The number of para-hydroxylation sites is 1. The average Bonchev–Trinajstić information content (AvgIpc) is 2.89. The van der Waals surface area contributed by atoms with Crippen LogP contribution in [0.15, 0.2) is 24.3 Å². The minimum Gasteiger partial charge on any atom is -0.394 e. The zero-order valence-electron chi connectivity index (χ0n) is 11.3. The molecular formula is C14H18ClNO5. The van der Waals surface area contributed by atoms with Gasteiger partial charge in [-0.2, -0.15) is 0 Å². The van der Waals surface area contributed by atoms with Crippen molar-refractivity contribution in [1.29, 1.82) is 0 Å². The molecule has 0 saturated carbocycles. The van der Waals surface area contributed by atoms with E-state index in [1.807, 2.05) is 29.2 Å². The van der Waals surface area contributed by atoms with Gasteiger partial charge in [0.05, 0.1) is 6.61 Å². The second kappa shape index (κ2) is 5.39. The topological polar surface area (TPSA) is 93.4 Å². The maximum absolute atomic E-state index is 10.2. The van der Waals surface area contributed by atoms with Crippen molar-refractivity contribution in [3.63, 3.8) is 0 Å². The summed E-state index contributed by atoms with van der Waals surface area (Å²) in [7, 11) is 0. The Balaban J connectivity index is 1.90. The first-order valence-corrected chi connectivity index (χ1v) is 7.23. The Labute approximate surface area is 127 Å². The third-order valence-corrected chi connectivity index (χ3v) is 4.65. The molecular weight excluding hydrogens is 298 g/mol. The number of ether oxygens (including phenoxy) is 1. The fraction of sp³-hybridized carbons (Fsp3) is 0.571. The molecule has 0 amide bonds. The molecule has 0 bridgehead atoms. The van der Waals surface area contributed by atoms with Crippen molar-refractivity contribution in [2.45, 2.75) is 36.0 Å². The van der Waals surface area contributed by atoms with Gasteiger partial charge in [0.2, 0.25) is 0 Å². The number of aliphatic hydroxyl groups excluding tert-OH is 3. The fourth-order valence-electron chi connectivity index (χ4n) is 2.99. The molecule has 1 aromatic rings. The third kappa shape index (κ3) is 2.32. The van der Waals surface area contributed by atoms with Crippen LogP contribution in [-0.2, 0) is 11.2 Å². The van der Waals surface area contributed by atoms with Crippen molar-refractivity contribution in [2.24, 2.45) is 0 Å². The zero-order chi connectivity index (χ0) is 15.2. The van der Waals surface area contributed by atoms with Crippen LogP contribution >= 0.6 is 11.6 Å². The number of hydrogen-bond donors (Lipinski definition) is 4. The number of fused-ring (bicyclic) bond motifs is 1. The van der Waals surface area contributed by atoms with Crippen LogP contribution < -0.4 is 4.90 Å². The predicted molar refractivity (Wildman–Crippen MR) is 76.1 cm³/mol. The summed E-state index contributed by atoms with van der Waals surface area (Å²) in [6.07, 6.45) is -4.27. The van der Waals surface area contributed by atoms with Gasteiger partial charge in [-0.05, 0) is 18.1 Å². The van der Waals surface area contributed by atoms with Gasteiger partial charge in [-0.15, -0.1) is 0 Å². The number of anilines is 1. The molecule has 1 saturated heterocycles. The van der Waals surface area contributed by atoms with Gasteiger partial charge in [0.25, 0.3) is 0 Å². The summed E-state index contributed by atoms with van der Waals surface area (Å²) in [4.78, 5) is 1.82. The number of halogens is 1. The van der Waals surface area contributed by atoms with E-state index in [4.69, 9.17) is 16.3 Å². The van der Waals surface area contributed by atoms with Crippen molar-refractivity contribution >= 4 is 17.3 Å². The van der Waals surface area contributed by atoms with Crippen molar-refractivity contribution in [2.75, 3.05) is 18.1 Å². The first kappa shape index (κ1) is 15.0. The molecule has 1 aromatic carbocycles. The summed E-state index contributed by atoms with van der Waals surface area (Å²) < 4.78 is 5.56. The van der Waals surface area contributed by atoms with E-state index in [2.05, 4.69) is 0 Å². The second-order valence-corrected chi connectivity index (χ2v) is 6.04. The van der Waals surface area contributed by atoms with Crippen LogP contribution in [0.2, 0.25) is 0 Å². The molecule has 0 unspecified atom stereocenters. The Morgan fingerprint density at radius 1 is 1.33 bits per heavy atom. The van der Waals surface area contributed by atoms with Crippen LogP contribution in [0.5, 0.6) is 0 Å². The normalized spacial score (nSPS) is 39.4. The van der Waals surface area contributed by atoms with E-state index < -0.39 is 36.2 Å². The van der Waals surface area contributed by atoms with Gasteiger partial charge in [-0.3, -0.25) is 0 Å². The summed E-state index contributed by atoms with van der Waals surface area (Å²) >= 11 is 5.80. The summed E-state index contributed by atoms with van der Waals surface area (Å²) in [5, 5.41) is 37.3. The van der Waals surface area contributed by atoms with E-state index in [1.54, 1.807) is 0 Å². The molecule has 2 aliphatic rings. The zero-order valence-corrected chi connectivity index (χ0v) is 12.0. The van der Waals surface area contributed by atoms with Gasteiger partial charge in [0, 0.05) is 12.2 Å². The highest BCUT2D eigenvalue weighted by Gasteiger charge is 2.55. The predicted octanol–water partition coefficient (Wildman–Crippen LogP) is -0.585. The lowest BCUT2D eigenvalue weighted by molar-refractivity contribution is -0.245. The Morgan fingerprint density at radius 2 is 2.05 bits per heavy atom. The second-order valence-electron chi connectivity index (χ2n) is 5.43. The van der Waals surface area contributed by atoms with Crippen molar-refractivity contribution < 1.29 is 25.2 Å². The highest BCUT2D eigenvalue weighted by atomic mass is 35.5. The molecule has 7 heteroatoms. The number of rotatable bonds is 2. The van der Waals surface area contributed by atoms with Crippen molar-refractivity contribution in [3.05, 3.63) is 29.8 Å². The number of hydrogen-bond acceptors (Lipinski definition) is 6. The van der Waals surface area contributed by atoms with Gasteiger partial charge >= 0.3 is 0 Å². The fourth-order valence-corrected chi connectivity index (χ4v) is 3.24. The number of aliphatic hydroxyl groups is 4. The van der Waals surface area contributed by atoms with Crippen LogP contribution in [0.3, 0.4) is 0 Å². The number of alkyl halides is 1. The molecule has 0 radical (unpaired) electrons. The first-order valence-electron chi connectivity index (χ1n) is 6.85. The molecule has 1 fully saturated rings. The largest absolute Gasteiger partial charge is 0.394 e. The highest BCUT2D eigenvalue weighted by molar-refractivity contribution is 6.23. The van der Waals surface area contributed by atoms with Crippen LogP contribution in [0, 0.1) is 0 Å². The molecule has 5 atom stereocenters. The van der Waals surface area contributed by atoms with Crippen LogP contribution in [0.25, 0.3) is 0 Å². The van der Waals surface area contributed by atoms with Crippen molar-refractivity contribution in [1.82, 2.24) is 0 Å². The quantitative estimate of drug-likeness (QED) is 0.546. The molecule has 0 aliphatic carbocycles. The first-order chi connectivity index (χ1) is 9.96. The molecule has 3 rings (SSSR count). The van der Waals surface area contributed by atoms with Crippen LogP contribution in [0.1, 0.15) is 5.56 Å². The molecule has 0 aromatic heterocycles. The summed E-state index contributed by atoms with van der Waals surface area (Å²) in [6, 6.07) is 7.70. The van der Waals surface area contributed by atoms with E-state index >= 15 is 0 Å². The minimum absolute atomic E-state index is 0.560. The highest BCUT2D eigenvalue weighted by Crippen LogP contribution is 2.38. The van der Waals surface area contributed by atoms with E-state index in [0.717, 1.165) is 17.7 Å². The SMILES string of the molecule is OC[C@H]1O[C@@H](N2CCc3ccccc32)[C@H](O)[C@@H](O)[C@]1(O)Cl. The minimum atomic E-state index is -2.22. The molecule has 6 nitrogen and oxygen atoms in total. The maximum atomic E-state index is 10.2. The standard InChI is InChI=1S/C14H18ClNO5/c15-14(20)10(7-17)21-13(11(18)12(14)19)16-6-5-8-3-1-2-4-9(8)16/h1-4,10-13,17-20H,5-7H2/t10-,11-,12-,13-,14+/m1/s1. The Bertz CT molecular complexity index is 522. The van der Waals surface area contributed by atoms with Crippen LogP contribution in [-0.4, -0.2) is 63.2 Å². The molecule has 2 heterocycles. The number of nitrogens with zero attached hydrogens (tertiary/aromatic N) is 1. The van der Waals surface area contributed by atoms with E-state index in [0.29, 0.717) is 6.54 Å². The average molecular weight is 316 g/mol. The summed E-state index contributed by atoms with van der Waals surface area (Å²) in [6.45, 7) is 0.0580. The summed E-state index contributed by atoms with van der Waals surface area (Å²) in [5.74, 6) is 0. The van der Waals surface area contributed by atoms with Gasteiger partial charge < -0.3 is 30.1 Å². The van der Waals surface area contributed by atoms with Gasteiger partial charge in [-0.1, -0.05) is 29.8 Å². The Kier molecular flexibility index (Phi) is 3.85. The van der Waals surface area contributed by atoms with E-state index in [-0.39, 0.29) is 0 Å². The Hall–Kier alpha value is -0.890. The maximum Gasteiger partial charge on any atom is 0.195 e. The van der Waals surface area contributed by atoms with Gasteiger partial charge in [0.15, 0.2) is 11.3 Å². The van der Waals surface area contributed by atoms with Crippen LogP contribution in [0.4, 0.5) is 5.69 Å². The molecule has 0 spiro atoms. The smallest absolute Gasteiger partial charge is 0.195 e. The third-order valence-electron chi connectivity index (χ3n) is 4.18. The van der Waals surface area contributed by atoms with Gasteiger partial charge in [0.1, 0.15) is 18.3 Å². The van der Waals surface area contributed by atoms with Crippen molar-refractivity contribution in [3.8, 4) is 0 Å². The lowest BCUT2D eigenvalue weighted by atomic mass is 9.97. The summed E-state index contributed by atoms with van der Waals surface area (Å²) in [5.41, 5.74) is 2.03. The number of benzene rings is 1. The van der Waals surface area contributed by atoms with E-state index in [1.165, 1.54) is 0 Å². The molecule has 116 valence electrons. The molecule has 4 N–H and O–H groups in total. The van der Waals surface area contributed by atoms with Gasteiger partial charge in [-0.25, -0.2) is 0 Å².